The number of piperazine rings is 1. The van der Waals surface area contributed by atoms with Crippen LogP contribution in [0.3, 0.4) is 0 Å². The summed E-state index contributed by atoms with van der Waals surface area (Å²) in [6.45, 7) is 9.96. The first-order chi connectivity index (χ1) is 12.3. The molecule has 1 aliphatic heterocycles. The molecule has 1 N–H and O–H groups in total. The summed E-state index contributed by atoms with van der Waals surface area (Å²) in [5.41, 5.74) is 3.60. The monoisotopic (exact) mass is 337 g/mol. The van der Waals surface area contributed by atoms with Gasteiger partial charge in [0.25, 0.3) is 5.78 Å². The third-order valence-electron chi connectivity index (χ3n) is 5.20. The Morgan fingerprint density at radius 3 is 2.60 bits per heavy atom. The van der Waals surface area contributed by atoms with E-state index in [0.717, 1.165) is 25.2 Å². The van der Waals surface area contributed by atoms with E-state index in [1.54, 1.807) is 11.2 Å². The van der Waals surface area contributed by atoms with Gasteiger partial charge < -0.3 is 9.80 Å². The quantitative estimate of drug-likeness (QED) is 0.763. The normalized spacial score (nSPS) is 15.8. The van der Waals surface area contributed by atoms with Crippen LogP contribution in [0.25, 0.3) is 5.78 Å². The van der Waals surface area contributed by atoms with Gasteiger partial charge in [0, 0.05) is 17.7 Å². The largest absolute Gasteiger partial charge is 0.345 e. The van der Waals surface area contributed by atoms with E-state index in [2.05, 4.69) is 64.1 Å². The predicted octanol–water partition coefficient (Wildman–Crippen LogP) is 0.748. The van der Waals surface area contributed by atoms with Gasteiger partial charge in [-0.15, -0.1) is 0 Å². The minimum Gasteiger partial charge on any atom is -0.345 e. The lowest BCUT2D eigenvalue weighted by molar-refractivity contribution is -0.898. The number of likely N-dealkylation sites (N-methyl/N-ethyl adjacent to an activating group) is 1. The molecule has 0 bridgehead atoms. The van der Waals surface area contributed by atoms with E-state index in [1.165, 1.54) is 36.6 Å². The van der Waals surface area contributed by atoms with Gasteiger partial charge in [0.1, 0.15) is 12.1 Å². The van der Waals surface area contributed by atoms with Crippen LogP contribution in [0.5, 0.6) is 0 Å². The number of quaternary nitrogens is 1. The summed E-state index contributed by atoms with van der Waals surface area (Å²) in [5.74, 6) is 1.86. The van der Waals surface area contributed by atoms with Crippen LogP contribution in [0.1, 0.15) is 23.7 Å². The van der Waals surface area contributed by atoms with Gasteiger partial charge in [0.05, 0.1) is 32.7 Å². The highest BCUT2D eigenvalue weighted by atomic mass is 15.4. The van der Waals surface area contributed by atoms with Gasteiger partial charge in [-0.2, -0.15) is 14.6 Å². The van der Waals surface area contributed by atoms with Crippen LogP contribution in [-0.4, -0.2) is 52.3 Å². The van der Waals surface area contributed by atoms with Crippen LogP contribution in [-0.2, 0) is 6.42 Å². The molecule has 0 radical (unpaired) electrons. The minimum atomic E-state index is 0.689. The Kier molecular flexibility index (Phi) is 4.36. The summed E-state index contributed by atoms with van der Waals surface area (Å²) in [6.07, 6.45) is 2.47. The second-order valence-corrected chi connectivity index (χ2v) is 6.72. The van der Waals surface area contributed by atoms with E-state index >= 15 is 0 Å². The average molecular weight is 337 g/mol. The Balaban J connectivity index is 1.77. The fraction of sp³-hybridized carbons (Fsp3) is 0.421. The summed E-state index contributed by atoms with van der Waals surface area (Å²) in [5, 5.41) is 4.47. The molecular formula is C19H25N6+. The maximum Gasteiger partial charge on any atom is 0.254 e. The minimum absolute atomic E-state index is 0.689. The maximum absolute atomic E-state index is 4.68. The standard InChI is InChI=1S/C19H24N6/c1-3-23-9-11-24(12-10-23)18-17(13-16-7-5-4-6-8-16)15(2)22-19-20-14-21-25(18)19/h4-8,14H,3,9-13H2,1-2H3/p+1. The van der Waals surface area contributed by atoms with Crippen LogP contribution in [0, 0.1) is 6.92 Å². The number of benzene rings is 1. The third-order valence-corrected chi connectivity index (χ3v) is 5.20. The lowest BCUT2D eigenvalue weighted by atomic mass is 10.0. The molecule has 1 fully saturated rings. The molecule has 25 heavy (non-hydrogen) atoms. The molecule has 0 saturated carbocycles. The fourth-order valence-corrected chi connectivity index (χ4v) is 3.69. The van der Waals surface area contributed by atoms with E-state index in [-0.39, 0.29) is 0 Å². The maximum atomic E-state index is 4.68. The number of aryl methyl sites for hydroxylation is 1. The zero-order chi connectivity index (χ0) is 17.2. The second-order valence-electron chi connectivity index (χ2n) is 6.72. The highest BCUT2D eigenvalue weighted by Gasteiger charge is 2.25. The third kappa shape index (κ3) is 3.09. The summed E-state index contributed by atoms with van der Waals surface area (Å²) < 4.78 is 1.92. The molecule has 3 heterocycles. The van der Waals surface area contributed by atoms with E-state index in [9.17, 15) is 0 Å². The zero-order valence-electron chi connectivity index (χ0n) is 14.9. The molecule has 3 aromatic rings. The van der Waals surface area contributed by atoms with Crippen LogP contribution in [0.2, 0.25) is 0 Å². The Labute approximate surface area is 148 Å². The van der Waals surface area contributed by atoms with Gasteiger partial charge in [0.2, 0.25) is 0 Å². The summed E-state index contributed by atoms with van der Waals surface area (Å²) >= 11 is 0. The van der Waals surface area contributed by atoms with Crippen molar-refractivity contribution in [1.29, 1.82) is 0 Å². The Bertz CT molecular complexity index is 849. The molecule has 6 nitrogen and oxygen atoms in total. The molecular weight excluding hydrogens is 312 g/mol. The lowest BCUT2D eigenvalue weighted by Gasteiger charge is -2.34. The van der Waals surface area contributed by atoms with Crippen LogP contribution in [0.4, 0.5) is 5.82 Å². The summed E-state index contributed by atoms with van der Waals surface area (Å²) in [6, 6.07) is 10.6. The SMILES string of the molecule is CC[NH+]1CCN(c2c(Cc3ccccc3)c(C)nc3ncnn23)CC1. The molecule has 0 aliphatic carbocycles. The van der Waals surface area contributed by atoms with Crippen molar-refractivity contribution in [1.82, 2.24) is 19.6 Å². The van der Waals surface area contributed by atoms with Crippen molar-refractivity contribution in [2.45, 2.75) is 20.3 Å². The molecule has 0 spiro atoms. The number of nitrogens with zero attached hydrogens (tertiary/aromatic N) is 5. The highest BCUT2D eigenvalue weighted by Crippen LogP contribution is 2.26. The number of nitrogens with one attached hydrogen (secondary N) is 1. The van der Waals surface area contributed by atoms with Gasteiger partial charge in [-0.05, 0) is 19.4 Å². The van der Waals surface area contributed by atoms with E-state index in [1.807, 2.05) is 4.52 Å². The van der Waals surface area contributed by atoms with E-state index in [4.69, 9.17) is 0 Å². The first-order valence-electron chi connectivity index (χ1n) is 9.08. The lowest BCUT2D eigenvalue weighted by Crippen LogP contribution is -3.14. The van der Waals surface area contributed by atoms with Crippen LogP contribution in [0.15, 0.2) is 36.7 Å². The molecule has 1 saturated heterocycles. The van der Waals surface area contributed by atoms with Gasteiger partial charge >= 0.3 is 0 Å². The van der Waals surface area contributed by atoms with E-state index < -0.39 is 0 Å². The number of fused-ring (bicyclic) bond motifs is 1. The first-order valence-corrected chi connectivity index (χ1v) is 9.08. The van der Waals surface area contributed by atoms with Crippen LogP contribution < -0.4 is 9.80 Å². The van der Waals surface area contributed by atoms with Crippen molar-refractivity contribution in [3.63, 3.8) is 0 Å². The van der Waals surface area contributed by atoms with Crippen molar-refractivity contribution in [2.24, 2.45) is 0 Å². The zero-order valence-corrected chi connectivity index (χ0v) is 14.9. The Morgan fingerprint density at radius 1 is 1.12 bits per heavy atom. The van der Waals surface area contributed by atoms with Crippen molar-refractivity contribution in [2.75, 3.05) is 37.6 Å². The topological polar surface area (TPSA) is 50.8 Å². The molecule has 130 valence electrons. The van der Waals surface area contributed by atoms with E-state index in [0.29, 0.717) is 5.78 Å². The smallest absolute Gasteiger partial charge is 0.254 e. The van der Waals surface area contributed by atoms with Crippen molar-refractivity contribution < 1.29 is 4.90 Å². The number of rotatable bonds is 4. The van der Waals surface area contributed by atoms with Crippen molar-refractivity contribution >= 4 is 11.6 Å². The number of hydrogen-bond donors (Lipinski definition) is 1. The van der Waals surface area contributed by atoms with Gasteiger partial charge in [-0.3, -0.25) is 0 Å². The van der Waals surface area contributed by atoms with Gasteiger partial charge in [-0.1, -0.05) is 30.3 Å². The molecule has 6 heteroatoms. The van der Waals surface area contributed by atoms with Crippen molar-refractivity contribution in [3.05, 3.63) is 53.5 Å². The Morgan fingerprint density at radius 2 is 1.88 bits per heavy atom. The van der Waals surface area contributed by atoms with Gasteiger partial charge in [0.15, 0.2) is 0 Å². The number of hydrogen-bond acceptors (Lipinski definition) is 4. The predicted molar refractivity (Wildman–Crippen MR) is 98.2 cm³/mol. The number of aromatic nitrogens is 4. The van der Waals surface area contributed by atoms with Gasteiger partial charge in [-0.25, -0.2) is 4.98 Å². The molecule has 0 unspecified atom stereocenters. The molecule has 1 aromatic carbocycles. The summed E-state index contributed by atoms with van der Waals surface area (Å²) in [4.78, 5) is 13.1. The first kappa shape index (κ1) is 16.0. The number of anilines is 1. The molecule has 1 aliphatic rings. The molecule has 0 amide bonds. The van der Waals surface area contributed by atoms with Crippen LogP contribution >= 0.6 is 0 Å². The van der Waals surface area contributed by atoms with Crippen molar-refractivity contribution in [3.8, 4) is 0 Å². The fourth-order valence-electron chi connectivity index (χ4n) is 3.69. The molecule has 0 atom stereocenters. The average Bonchev–Trinajstić information content (AvgIpc) is 3.11. The second kappa shape index (κ2) is 6.80. The molecule has 2 aromatic heterocycles. The summed E-state index contributed by atoms with van der Waals surface area (Å²) in [7, 11) is 0. The Hall–Kier alpha value is -2.47. The molecule has 4 rings (SSSR count). The highest BCUT2D eigenvalue weighted by molar-refractivity contribution is 5.56.